The first kappa shape index (κ1) is 20.9. The maximum atomic E-state index is 12.3. The molecule has 1 aromatic heterocycles. The molecule has 148 valence electrons. The summed E-state index contributed by atoms with van der Waals surface area (Å²) in [6, 6.07) is 7.46. The van der Waals surface area contributed by atoms with Crippen LogP contribution in [0.3, 0.4) is 0 Å². The number of hydrogen-bond acceptors (Lipinski definition) is 6. The molecule has 0 spiro atoms. The summed E-state index contributed by atoms with van der Waals surface area (Å²) in [5.41, 5.74) is 6.10. The largest absolute Gasteiger partial charge is 0.468 e. The lowest BCUT2D eigenvalue weighted by Crippen LogP contribution is -2.21. The molecule has 0 bridgehead atoms. The van der Waals surface area contributed by atoms with E-state index in [0.29, 0.717) is 5.69 Å². The number of aromatic nitrogens is 2. The summed E-state index contributed by atoms with van der Waals surface area (Å²) in [6.45, 7) is -3.29. The van der Waals surface area contributed by atoms with Crippen LogP contribution in [0.2, 0.25) is 0 Å². The Morgan fingerprint density at radius 1 is 0.852 bits per heavy atom. The summed E-state index contributed by atoms with van der Waals surface area (Å²) in [5, 5.41) is 0. The highest BCUT2D eigenvalue weighted by Gasteiger charge is 2.30. The van der Waals surface area contributed by atoms with E-state index in [-0.39, 0.29) is 11.6 Å². The monoisotopic (exact) mass is 413 g/mol. The van der Waals surface area contributed by atoms with E-state index in [2.05, 4.69) is 19.4 Å². The second kappa shape index (κ2) is 8.55. The molecule has 0 aliphatic heterocycles. The van der Waals surface area contributed by atoms with Gasteiger partial charge in [0.2, 0.25) is 11.8 Å². The number of rotatable bonds is 7. The predicted octanol–water partition coefficient (Wildman–Crippen LogP) is 4.23. The van der Waals surface area contributed by atoms with Gasteiger partial charge in [-0.05, 0) is 24.3 Å². The van der Waals surface area contributed by atoms with Crippen molar-refractivity contribution in [3.8, 4) is 11.8 Å². The molecule has 0 fully saturated rings. The maximum absolute atomic E-state index is 12.3. The highest BCUT2D eigenvalue weighted by atomic mass is 32.2. The Labute approximate surface area is 153 Å². The van der Waals surface area contributed by atoms with E-state index in [1.807, 2.05) is 0 Å². The lowest BCUT2D eigenvalue weighted by molar-refractivity contribution is -0.154. The third-order valence-corrected chi connectivity index (χ3v) is 3.75. The Balaban J connectivity index is 2.13. The first-order valence-corrected chi connectivity index (χ1v) is 8.24. The third-order valence-electron chi connectivity index (χ3n) is 2.74. The number of ether oxygens (including phenoxy) is 2. The molecular formula is C15H13F6N3O2S. The number of nitrogens with zero attached hydrogens (tertiary/aromatic N) is 2. The Morgan fingerprint density at radius 2 is 1.33 bits per heavy atom. The van der Waals surface area contributed by atoms with Crippen LogP contribution in [0.4, 0.5) is 32.0 Å². The molecule has 0 saturated carbocycles. The Kier molecular flexibility index (Phi) is 6.63. The number of nitrogen functional groups attached to an aromatic ring is 1. The molecule has 27 heavy (non-hydrogen) atoms. The standard InChI is InChI=1S/C15H13F6N3O2S/c16-14(17,18)7-25-12-5-13(26-8-15(19,20)21)24-11(23-12)6-27-10-3-1-9(22)2-4-10/h1-5H,6-8,22H2. The van der Waals surface area contributed by atoms with Crippen LogP contribution in [0.1, 0.15) is 5.82 Å². The summed E-state index contributed by atoms with van der Waals surface area (Å²) < 4.78 is 82.7. The number of hydrogen-bond donors (Lipinski definition) is 1. The summed E-state index contributed by atoms with van der Waals surface area (Å²) in [4.78, 5) is 8.30. The molecule has 0 aliphatic rings. The van der Waals surface area contributed by atoms with E-state index in [4.69, 9.17) is 5.73 Å². The minimum atomic E-state index is -4.63. The molecule has 0 aliphatic carbocycles. The van der Waals surface area contributed by atoms with Crippen molar-refractivity contribution in [1.29, 1.82) is 0 Å². The normalized spacial score (nSPS) is 12.1. The van der Waals surface area contributed by atoms with Gasteiger partial charge in [0.25, 0.3) is 0 Å². The molecule has 0 amide bonds. The number of thioether (sulfide) groups is 1. The summed E-state index contributed by atoms with van der Waals surface area (Å²) >= 11 is 1.21. The summed E-state index contributed by atoms with van der Waals surface area (Å²) in [7, 11) is 0. The average Bonchev–Trinajstić information content (AvgIpc) is 2.56. The van der Waals surface area contributed by atoms with Crippen molar-refractivity contribution in [3.05, 3.63) is 36.2 Å². The van der Waals surface area contributed by atoms with E-state index in [1.165, 1.54) is 11.8 Å². The Bertz CT molecular complexity index is 716. The van der Waals surface area contributed by atoms with Crippen LogP contribution in [0.25, 0.3) is 0 Å². The van der Waals surface area contributed by atoms with Gasteiger partial charge in [-0.25, -0.2) is 0 Å². The van der Waals surface area contributed by atoms with E-state index >= 15 is 0 Å². The molecule has 0 unspecified atom stereocenters. The zero-order valence-electron chi connectivity index (χ0n) is 13.5. The Hall–Kier alpha value is -2.37. The fraction of sp³-hybridized carbons (Fsp3) is 0.333. The van der Waals surface area contributed by atoms with E-state index < -0.39 is 37.3 Å². The molecule has 0 radical (unpaired) electrons. The van der Waals surface area contributed by atoms with Gasteiger partial charge in [0.05, 0.1) is 11.8 Å². The molecule has 2 N–H and O–H groups in total. The maximum Gasteiger partial charge on any atom is 0.422 e. The molecule has 12 heteroatoms. The lowest BCUT2D eigenvalue weighted by atomic mass is 10.3. The van der Waals surface area contributed by atoms with Crippen LogP contribution in [-0.2, 0) is 5.75 Å². The number of benzene rings is 1. The fourth-order valence-corrected chi connectivity index (χ4v) is 2.44. The molecule has 2 rings (SSSR count). The van der Waals surface area contributed by atoms with Gasteiger partial charge in [-0.15, -0.1) is 11.8 Å². The van der Waals surface area contributed by atoms with Gasteiger partial charge in [0.1, 0.15) is 5.82 Å². The van der Waals surface area contributed by atoms with Gasteiger partial charge in [-0.1, -0.05) is 0 Å². The third kappa shape index (κ3) is 8.24. The van der Waals surface area contributed by atoms with Crippen LogP contribution in [-0.4, -0.2) is 35.5 Å². The molecule has 0 saturated heterocycles. The van der Waals surface area contributed by atoms with Crippen molar-refractivity contribution in [2.24, 2.45) is 0 Å². The van der Waals surface area contributed by atoms with Gasteiger partial charge in [0.15, 0.2) is 13.2 Å². The molecular weight excluding hydrogens is 400 g/mol. The first-order chi connectivity index (χ1) is 12.5. The van der Waals surface area contributed by atoms with Crippen molar-refractivity contribution in [2.45, 2.75) is 23.0 Å². The number of nitrogens with two attached hydrogens (primary N) is 1. The lowest BCUT2D eigenvalue weighted by Gasteiger charge is -2.12. The molecule has 2 aromatic rings. The zero-order valence-corrected chi connectivity index (χ0v) is 14.3. The van der Waals surface area contributed by atoms with Gasteiger partial charge in [-0.2, -0.15) is 36.3 Å². The minimum Gasteiger partial charge on any atom is -0.468 e. The van der Waals surface area contributed by atoms with E-state index in [1.54, 1.807) is 24.3 Å². The van der Waals surface area contributed by atoms with Gasteiger partial charge in [-0.3, -0.25) is 0 Å². The highest BCUT2D eigenvalue weighted by Crippen LogP contribution is 2.26. The molecule has 1 heterocycles. The molecule has 1 aromatic carbocycles. The predicted molar refractivity (Wildman–Crippen MR) is 85.5 cm³/mol. The van der Waals surface area contributed by atoms with Crippen molar-refractivity contribution >= 4 is 17.4 Å². The van der Waals surface area contributed by atoms with Crippen LogP contribution in [0, 0.1) is 0 Å². The Morgan fingerprint density at radius 3 is 1.78 bits per heavy atom. The van der Waals surface area contributed by atoms with Crippen LogP contribution in [0.5, 0.6) is 11.8 Å². The molecule has 0 atom stereocenters. The summed E-state index contributed by atoms with van der Waals surface area (Å²) in [5.74, 6) is -1.05. The van der Waals surface area contributed by atoms with Gasteiger partial charge in [0, 0.05) is 10.6 Å². The fourth-order valence-electron chi connectivity index (χ4n) is 1.69. The quantitative estimate of drug-likeness (QED) is 0.416. The average molecular weight is 413 g/mol. The smallest absolute Gasteiger partial charge is 0.422 e. The second-order valence-electron chi connectivity index (χ2n) is 5.13. The van der Waals surface area contributed by atoms with Crippen LogP contribution in [0.15, 0.2) is 35.2 Å². The number of anilines is 1. The SMILES string of the molecule is Nc1ccc(SCc2nc(OCC(F)(F)F)cc(OCC(F)(F)F)n2)cc1. The van der Waals surface area contributed by atoms with Crippen molar-refractivity contribution in [3.63, 3.8) is 0 Å². The molecule has 5 nitrogen and oxygen atoms in total. The zero-order chi connectivity index (χ0) is 20.1. The summed E-state index contributed by atoms with van der Waals surface area (Å²) in [6.07, 6.45) is -9.26. The van der Waals surface area contributed by atoms with Crippen molar-refractivity contribution in [1.82, 2.24) is 9.97 Å². The van der Waals surface area contributed by atoms with Gasteiger partial charge >= 0.3 is 12.4 Å². The van der Waals surface area contributed by atoms with Crippen molar-refractivity contribution in [2.75, 3.05) is 18.9 Å². The number of halogens is 6. The van der Waals surface area contributed by atoms with Gasteiger partial charge < -0.3 is 15.2 Å². The topological polar surface area (TPSA) is 70.3 Å². The van der Waals surface area contributed by atoms with Crippen LogP contribution < -0.4 is 15.2 Å². The van der Waals surface area contributed by atoms with E-state index in [0.717, 1.165) is 11.0 Å². The second-order valence-corrected chi connectivity index (χ2v) is 6.17. The van der Waals surface area contributed by atoms with Crippen molar-refractivity contribution < 1.29 is 35.8 Å². The first-order valence-electron chi connectivity index (χ1n) is 7.25. The van der Waals surface area contributed by atoms with Crippen LogP contribution >= 0.6 is 11.8 Å². The number of alkyl halides is 6. The highest BCUT2D eigenvalue weighted by molar-refractivity contribution is 7.98. The minimum absolute atomic E-state index is 0.0475. The van der Waals surface area contributed by atoms with E-state index in [9.17, 15) is 26.3 Å².